The SMILES string of the molecule is COc1cc(NC(C)(CN)C(C)C)ccc1[N+](=O)[O-]. The monoisotopic (exact) mass is 267 g/mol. The van der Waals surface area contributed by atoms with E-state index in [-0.39, 0.29) is 17.0 Å². The summed E-state index contributed by atoms with van der Waals surface area (Å²) in [7, 11) is 1.41. The maximum absolute atomic E-state index is 10.8. The molecule has 1 rings (SSSR count). The van der Waals surface area contributed by atoms with Gasteiger partial charge in [-0.1, -0.05) is 13.8 Å². The van der Waals surface area contributed by atoms with Gasteiger partial charge < -0.3 is 15.8 Å². The maximum Gasteiger partial charge on any atom is 0.311 e. The van der Waals surface area contributed by atoms with Gasteiger partial charge in [0.15, 0.2) is 5.75 Å². The van der Waals surface area contributed by atoms with Gasteiger partial charge in [-0.05, 0) is 18.9 Å². The van der Waals surface area contributed by atoms with Crippen LogP contribution in [0.1, 0.15) is 20.8 Å². The quantitative estimate of drug-likeness (QED) is 0.610. The summed E-state index contributed by atoms with van der Waals surface area (Å²) in [5, 5.41) is 14.1. The Bertz CT molecular complexity index is 462. The van der Waals surface area contributed by atoms with E-state index in [0.29, 0.717) is 12.5 Å². The summed E-state index contributed by atoms with van der Waals surface area (Å²) in [5.41, 5.74) is 6.23. The summed E-state index contributed by atoms with van der Waals surface area (Å²) in [6.45, 7) is 6.63. The molecule has 0 saturated heterocycles. The summed E-state index contributed by atoms with van der Waals surface area (Å²) in [5.74, 6) is 0.553. The first-order valence-electron chi connectivity index (χ1n) is 6.14. The van der Waals surface area contributed by atoms with Crippen molar-refractivity contribution in [1.82, 2.24) is 0 Å². The van der Waals surface area contributed by atoms with Crippen molar-refractivity contribution in [2.45, 2.75) is 26.3 Å². The van der Waals surface area contributed by atoms with Crippen LogP contribution in [-0.4, -0.2) is 24.1 Å². The van der Waals surface area contributed by atoms with Gasteiger partial charge in [0.2, 0.25) is 0 Å². The van der Waals surface area contributed by atoms with E-state index in [0.717, 1.165) is 5.69 Å². The van der Waals surface area contributed by atoms with Crippen molar-refractivity contribution in [3.05, 3.63) is 28.3 Å². The number of nitrogens with one attached hydrogen (secondary N) is 1. The molecular weight excluding hydrogens is 246 g/mol. The van der Waals surface area contributed by atoms with Crippen LogP contribution < -0.4 is 15.8 Å². The first kappa shape index (κ1) is 15.2. The zero-order valence-electron chi connectivity index (χ0n) is 11.8. The Balaban J connectivity index is 3.07. The van der Waals surface area contributed by atoms with E-state index in [4.69, 9.17) is 10.5 Å². The van der Waals surface area contributed by atoms with E-state index in [1.54, 1.807) is 12.1 Å². The molecule has 1 aromatic rings. The number of nitro groups is 1. The smallest absolute Gasteiger partial charge is 0.311 e. The molecule has 0 aliphatic heterocycles. The highest BCUT2D eigenvalue weighted by molar-refractivity contribution is 5.59. The zero-order chi connectivity index (χ0) is 14.6. The van der Waals surface area contributed by atoms with Crippen LogP contribution in [-0.2, 0) is 0 Å². The fourth-order valence-electron chi connectivity index (χ4n) is 1.67. The van der Waals surface area contributed by atoms with Gasteiger partial charge in [-0.25, -0.2) is 0 Å². The van der Waals surface area contributed by atoms with Gasteiger partial charge in [0, 0.05) is 29.9 Å². The topological polar surface area (TPSA) is 90.4 Å². The van der Waals surface area contributed by atoms with Gasteiger partial charge in [-0.15, -0.1) is 0 Å². The molecule has 19 heavy (non-hydrogen) atoms. The van der Waals surface area contributed by atoms with Crippen molar-refractivity contribution >= 4 is 11.4 Å². The Kier molecular flexibility index (Phi) is 4.72. The van der Waals surface area contributed by atoms with Crippen LogP contribution in [0.5, 0.6) is 5.75 Å². The van der Waals surface area contributed by atoms with Crippen LogP contribution in [0.3, 0.4) is 0 Å². The lowest BCUT2D eigenvalue weighted by Crippen LogP contribution is -2.47. The molecule has 6 nitrogen and oxygen atoms in total. The van der Waals surface area contributed by atoms with Crippen molar-refractivity contribution in [2.75, 3.05) is 19.0 Å². The molecule has 106 valence electrons. The molecule has 1 unspecified atom stereocenters. The molecule has 0 amide bonds. The van der Waals surface area contributed by atoms with Crippen LogP contribution in [0.25, 0.3) is 0 Å². The summed E-state index contributed by atoms with van der Waals surface area (Å²) in [6, 6.07) is 4.71. The summed E-state index contributed by atoms with van der Waals surface area (Å²) < 4.78 is 5.04. The third-order valence-electron chi connectivity index (χ3n) is 3.50. The van der Waals surface area contributed by atoms with E-state index < -0.39 is 4.92 Å². The second-order valence-electron chi connectivity index (χ2n) is 5.05. The number of benzene rings is 1. The minimum absolute atomic E-state index is 0.0490. The summed E-state index contributed by atoms with van der Waals surface area (Å²) >= 11 is 0. The predicted molar refractivity (Wildman–Crippen MR) is 75.6 cm³/mol. The number of ether oxygens (including phenoxy) is 1. The fraction of sp³-hybridized carbons (Fsp3) is 0.538. The molecule has 0 aromatic heterocycles. The minimum Gasteiger partial charge on any atom is -0.490 e. The van der Waals surface area contributed by atoms with Crippen LogP contribution >= 0.6 is 0 Å². The van der Waals surface area contributed by atoms with E-state index in [1.807, 2.05) is 6.92 Å². The second kappa shape index (κ2) is 5.88. The molecule has 1 atom stereocenters. The normalized spacial score (nSPS) is 14.0. The lowest BCUT2D eigenvalue weighted by molar-refractivity contribution is -0.385. The minimum atomic E-state index is -0.465. The first-order valence-corrected chi connectivity index (χ1v) is 6.14. The van der Waals surface area contributed by atoms with E-state index in [1.165, 1.54) is 13.2 Å². The van der Waals surface area contributed by atoms with Crippen molar-refractivity contribution in [3.8, 4) is 5.75 Å². The first-order chi connectivity index (χ1) is 8.84. The van der Waals surface area contributed by atoms with Gasteiger partial charge in [0.05, 0.1) is 12.0 Å². The zero-order valence-corrected chi connectivity index (χ0v) is 11.8. The Morgan fingerprint density at radius 3 is 2.58 bits per heavy atom. The highest BCUT2D eigenvalue weighted by Gasteiger charge is 2.27. The third kappa shape index (κ3) is 3.35. The third-order valence-corrected chi connectivity index (χ3v) is 3.50. The van der Waals surface area contributed by atoms with Crippen molar-refractivity contribution < 1.29 is 9.66 Å². The summed E-state index contributed by atoms with van der Waals surface area (Å²) in [4.78, 5) is 10.4. The maximum atomic E-state index is 10.8. The molecule has 0 heterocycles. The molecule has 1 aromatic carbocycles. The average molecular weight is 267 g/mol. The molecule has 0 fully saturated rings. The van der Waals surface area contributed by atoms with Gasteiger partial charge in [0.1, 0.15) is 0 Å². The number of rotatable bonds is 6. The number of hydrogen-bond acceptors (Lipinski definition) is 5. The highest BCUT2D eigenvalue weighted by atomic mass is 16.6. The standard InChI is InChI=1S/C13H21N3O3/c1-9(2)13(3,8-14)15-10-5-6-11(16(17)18)12(7-10)19-4/h5-7,9,15H,8,14H2,1-4H3. The number of anilines is 1. The number of nitro benzene ring substituents is 1. The fourth-order valence-corrected chi connectivity index (χ4v) is 1.67. The van der Waals surface area contributed by atoms with Gasteiger partial charge in [-0.3, -0.25) is 10.1 Å². The van der Waals surface area contributed by atoms with Gasteiger partial charge in [-0.2, -0.15) is 0 Å². The largest absolute Gasteiger partial charge is 0.490 e. The predicted octanol–water partition coefficient (Wildman–Crippen LogP) is 2.39. The molecule has 3 N–H and O–H groups in total. The highest BCUT2D eigenvalue weighted by Crippen LogP contribution is 2.31. The van der Waals surface area contributed by atoms with Crippen LogP contribution in [0.4, 0.5) is 11.4 Å². The van der Waals surface area contributed by atoms with Crippen molar-refractivity contribution in [3.63, 3.8) is 0 Å². The van der Waals surface area contributed by atoms with E-state index >= 15 is 0 Å². The molecule has 0 aliphatic carbocycles. The van der Waals surface area contributed by atoms with Crippen molar-refractivity contribution in [2.24, 2.45) is 11.7 Å². The molecule has 0 saturated carbocycles. The number of nitrogens with two attached hydrogens (primary N) is 1. The molecule has 6 heteroatoms. The Morgan fingerprint density at radius 2 is 2.16 bits per heavy atom. The molecule has 0 bridgehead atoms. The van der Waals surface area contributed by atoms with Crippen molar-refractivity contribution in [1.29, 1.82) is 0 Å². The molecule has 0 spiro atoms. The summed E-state index contributed by atoms with van der Waals surface area (Å²) in [6.07, 6.45) is 0. The Morgan fingerprint density at radius 1 is 1.53 bits per heavy atom. The van der Waals surface area contributed by atoms with Crippen LogP contribution in [0.2, 0.25) is 0 Å². The lowest BCUT2D eigenvalue weighted by Gasteiger charge is -2.34. The lowest BCUT2D eigenvalue weighted by atomic mass is 9.88. The van der Waals surface area contributed by atoms with E-state index in [9.17, 15) is 10.1 Å². The molecule has 0 radical (unpaired) electrons. The molecule has 0 aliphatic rings. The number of hydrogen-bond donors (Lipinski definition) is 2. The molecular formula is C13H21N3O3. The Hall–Kier alpha value is -1.82. The Labute approximate surface area is 113 Å². The van der Waals surface area contributed by atoms with Gasteiger partial charge in [0.25, 0.3) is 0 Å². The average Bonchev–Trinajstić information content (AvgIpc) is 2.37. The van der Waals surface area contributed by atoms with Crippen LogP contribution in [0.15, 0.2) is 18.2 Å². The second-order valence-corrected chi connectivity index (χ2v) is 5.05. The van der Waals surface area contributed by atoms with E-state index in [2.05, 4.69) is 19.2 Å². The van der Waals surface area contributed by atoms with Crippen LogP contribution in [0, 0.1) is 16.0 Å². The van der Waals surface area contributed by atoms with Gasteiger partial charge >= 0.3 is 5.69 Å². The number of nitrogens with zero attached hydrogens (tertiary/aromatic N) is 1. The number of methoxy groups -OCH3 is 1.